The number of carbonyl (C=O) groups excluding carboxylic acids is 1. The Hall–Kier alpha value is -2.08. The number of hydroxylamine groups is 1. The van der Waals surface area contributed by atoms with E-state index >= 15 is 0 Å². The van der Waals surface area contributed by atoms with Crippen LogP contribution in [0.2, 0.25) is 0 Å². The summed E-state index contributed by atoms with van der Waals surface area (Å²) in [5, 5.41) is 0.709. The van der Waals surface area contributed by atoms with Crippen LogP contribution < -0.4 is 5.48 Å². The lowest BCUT2D eigenvalue weighted by molar-refractivity contribution is 0.0537. The van der Waals surface area contributed by atoms with Crippen molar-refractivity contribution in [1.29, 1.82) is 0 Å². The summed E-state index contributed by atoms with van der Waals surface area (Å²) in [5.41, 5.74) is 3.16. The molecule has 0 aromatic carbocycles. The molecule has 0 saturated heterocycles. The molecule has 0 aliphatic carbocycles. The van der Waals surface area contributed by atoms with E-state index in [9.17, 15) is 4.79 Å². The maximum atomic E-state index is 11.4. The normalized spacial score (nSPS) is 10.2. The summed E-state index contributed by atoms with van der Waals surface area (Å²) in [6, 6.07) is 1.65. The lowest BCUT2D eigenvalue weighted by atomic mass is 10.2. The SMILES string of the molecule is CONC(=O)c1cnc2ncncc2c1. The van der Waals surface area contributed by atoms with E-state index in [1.165, 1.54) is 19.6 Å². The number of hydrogen-bond acceptors (Lipinski definition) is 5. The molecule has 0 saturated carbocycles. The van der Waals surface area contributed by atoms with Crippen molar-refractivity contribution in [2.75, 3.05) is 7.11 Å². The van der Waals surface area contributed by atoms with Crippen molar-refractivity contribution in [3.8, 4) is 0 Å². The highest BCUT2D eigenvalue weighted by atomic mass is 16.6. The van der Waals surface area contributed by atoms with Gasteiger partial charge in [-0.2, -0.15) is 0 Å². The maximum Gasteiger partial charge on any atom is 0.276 e. The molecule has 15 heavy (non-hydrogen) atoms. The molecule has 0 aliphatic rings. The van der Waals surface area contributed by atoms with Crippen LogP contribution in [0.5, 0.6) is 0 Å². The van der Waals surface area contributed by atoms with Gasteiger partial charge in [0.2, 0.25) is 0 Å². The van der Waals surface area contributed by atoms with Crippen molar-refractivity contribution in [3.63, 3.8) is 0 Å². The zero-order valence-electron chi connectivity index (χ0n) is 7.97. The van der Waals surface area contributed by atoms with Crippen LogP contribution in [0, 0.1) is 0 Å². The van der Waals surface area contributed by atoms with E-state index in [2.05, 4.69) is 25.3 Å². The van der Waals surface area contributed by atoms with Gasteiger partial charge in [0.05, 0.1) is 12.7 Å². The molecular formula is C9H8N4O2. The van der Waals surface area contributed by atoms with E-state index in [1.807, 2.05) is 0 Å². The van der Waals surface area contributed by atoms with Crippen LogP contribution in [0.15, 0.2) is 24.8 Å². The van der Waals surface area contributed by atoms with Gasteiger partial charge in [-0.1, -0.05) is 0 Å². The molecule has 0 aliphatic heterocycles. The second-order valence-corrected chi connectivity index (χ2v) is 2.79. The van der Waals surface area contributed by atoms with Gasteiger partial charge >= 0.3 is 0 Å². The Labute approximate surface area is 85.3 Å². The van der Waals surface area contributed by atoms with Crippen molar-refractivity contribution in [1.82, 2.24) is 20.4 Å². The van der Waals surface area contributed by atoms with Crippen LogP contribution in [0.3, 0.4) is 0 Å². The summed E-state index contributed by atoms with van der Waals surface area (Å²) in [5.74, 6) is -0.351. The van der Waals surface area contributed by atoms with Crippen molar-refractivity contribution in [2.45, 2.75) is 0 Å². The number of carbonyl (C=O) groups is 1. The van der Waals surface area contributed by atoms with Gasteiger partial charge in [-0.15, -0.1) is 0 Å². The zero-order chi connectivity index (χ0) is 10.7. The largest absolute Gasteiger partial charge is 0.277 e. The van der Waals surface area contributed by atoms with E-state index < -0.39 is 0 Å². The van der Waals surface area contributed by atoms with Crippen molar-refractivity contribution in [3.05, 3.63) is 30.4 Å². The van der Waals surface area contributed by atoms with Gasteiger partial charge in [0, 0.05) is 17.8 Å². The van der Waals surface area contributed by atoms with Crippen LogP contribution in [0.25, 0.3) is 11.0 Å². The second-order valence-electron chi connectivity index (χ2n) is 2.79. The van der Waals surface area contributed by atoms with Crippen LogP contribution >= 0.6 is 0 Å². The third-order valence-electron chi connectivity index (χ3n) is 1.81. The lowest BCUT2D eigenvalue weighted by Crippen LogP contribution is -2.21. The molecule has 1 N–H and O–H groups in total. The number of aromatic nitrogens is 3. The molecule has 1 amide bonds. The molecule has 0 radical (unpaired) electrons. The Balaban J connectivity index is 2.42. The molecule has 0 atom stereocenters. The highest BCUT2D eigenvalue weighted by Crippen LogP contribution is 2.08. The highest BCUT2D eigenvalue weighted by Gasteiger charge is 2.06. The summed E-state index contributed by atoms with van der Waals surface area (Å²) < 4.78 is 0. The summed E-state index contributed by atoms with van der Waals surface area (Å²) in [7, 11) is 1.37. The Bertz CT molecular complexity index is 500. The van der Waals surface area contributed by atoms with E-state index in [0.29, 0.717) is 16.6 Å². The fraction of sp³-hybridized carbons (Fsp3) is 0.111. The molecule has 2 heterocycles. The number of nitrogens with zero attached hydrogens (tertiary/aromatic N) is 3. The summed E-state index contributed by atoms with van der Waals surface area (Å²) in [6.45, 7) is 0. The van der Waals surface area contributed by atoms with E-state index in [4.69, 9.17) is 0 Å². The molecule has 0 bridgehead atoms. The quantitative estimate of drug-likeness (QED) is 0.712. The van der Waals surface area contributed by atoms with Gasteiger partial charge in [-0.25, -0.2) is 20.4 Å². The van der Waals surface area contributed by atoms with Gasteiger partial charge in [0.25, 0.3) is 5.91 Å². The van der Waals surface area contributed by atoms with Crippen LogP contribution in [-0.4, -0.2) is 28.0 Å². The topological polar surface area (TPSA) is 77.0 Å². The Morgan fingerprint density at radius 1 is 1.40 bits per heavy atom. The molecule has 0 spiro atoms. The Morgan fingerprint density at radius 2 is 2.27 bits per heavy atom. The molecule has 76 valence electrons. The molecule has 2 aromatic heterocycles. The molecule has 2 rings (SSSR count). The van der Waals surface area contributed by atoms with Gasteiger partial charge in [-0.05, 0) is 6.07 Å². The zero-order valence-corrected chi connectivity index (χ0v) is 7.97. The monoisotopic (exact) mass is 204 g/mol. The number of rotatable bonds is 2. The standard InChI is InChI=1S/C9H8N4O2/c1-15-13-9(14)7-2-6-3-10-5-12-8(6)11-4-7/h2-5H,1H3,(H,13,14). The number of hydrogen-bond donors (Lipinski definition) is 1. The fourth-order valence-corrected chi connectivity index (χ4v) is 1.15. The minimum Gasteiger partial charge on any atom is -0.277 e. The smallest absolute Gasteiger partial charge is 0.276 e. The average molecular weight is 204 g/mol. The fourth-order valence-electron chi connectivity index (χ4n) is 1.15. The lowest BCUT2D eigenvalue weighted by Gasteiger charge is -2.01. The predicted molar refractivity (Wildman–Crippen MR) is 51.8 cm³/mol. The minimum atomic E-state index is -0.351. The van der Waals surface area contributed by atoms with Gasteiger partial charge < -0.3 is 0 Å². The number of amides is 1. The van der Waals surface area contributed by atoms with Crippen LogP contribution in [-0.2, 0) is 4.84 Å². The number of nitrogens with one attached hydrogen (secondary N) is 1. The number of fused-ring (bicyclic) bond motifs is 1. The van der Waals surface area contributed by atoms with Gasteiger partial charge in [-0.3, -0.25) is 9.63 Å². The molecular weight excluding hydrogens is 196 g/mol. The third-order valence-corrected chi connectivity index (χ3v) is 1.81. The molecule has 0 unspecified atom stereocenters. The van der Waals surface area contributed by atoms with Gasteiger partial charge in [0.1, 0.15) is 6.33 Å². The first-order chi connectivity index (χ1) is 7.31. The summed E-state index contributed by atoms with van der Waals surface area (Å²) in [4.78, 5) is 27.7. The first-order valence-electron chi connectivity index (χ1n) is 4.20. The predicted octanol–water partition coefficient (Wildman–Crippen LogP) is 0.316. The minimum absolute atomic E-state index is 0.351. The number of pyridine rings is 1. The van der Waals surface area contributed by atoms with Crippen molar-refractivity contribution in [2.24, 2.45) is 0 Å². The highest BCUT2D eigenvalue weighted by molar-refractivity contribution is 5.95. The van der Waals surface area contributed by atoms with Crippen LogP contribution in [0.4, 0.5) is 0 Å². The molecule has 6 heteroatoms. The Morgan fingerprint density at radius 3 is 3.07 bits per heavy atom. The molecule has 0 fully saturated rings. The average Bonchev–Trinajstić information content (AvgIpc) is 2.29. The molecule has 6 nitrogen and oxygen atoms in total. The second kappa shape index (κ2) is 3.97. The van der Waals surface area contributed by atoms with Crippen molar-refractivity contribution < 1.29 is 9.63 Å². The first-order valence-corrected chi connectivity index (χ1v) is 4.20. The van der Waals surface area contributed by atoms with Crippen molar-refractivity contribution >= 4 is 16.9 Å². The van der Waals surface area contributed by atoms with E-state index in [-0.39, 0.29) is 5.91 Å². The first kappa shape index (κ1) is 9.47. The maximum absolute atomic E-state index is 11.4. The third kappa shape index (κ3) is 1.89. The van der Waals surface area contributed by atoms with E-state index in [1.54, 1.807) is 12.3 Å². The van der Waals surface area contributed by atoms with E-state index in [0.717, 1.165) is 0 Å². The summed E-state index contributed by atoms with van der Waals surface area (Å²) >= 11 is 0. The molecule has 2 aromatic rings. The Kier molecular flexibility index (Phi) is 2.51. The summed E-state index contributed by atoms with van der Waals surface area (Å²) in [6.07, 6.45) is 4.44. The van der Waals surface area contributed by atoms with Crippen LogP contribution in [0.1, 0.15) is 10.4 Å². The van der Waals surface area contributed by atoms with Gasteiger partial charge in [0.15, 0.2) is 5.65 Å².